The van der Waals surface area contributed by atoms with E-state index in [4.69, 9.17) is 4.74 Å². The third kappa shape index (κ3) is 3.69. The van der Waals surface area contributed by atoms with E-state index in [0.29, 0.717) is 5.92 Å². The maximum Gasteiger partial charge on any atom is 0.225 e. The summed E-state index contributed by atoms with van der Waals surface area (Å²) in [5, 5.41) is 0. The van der Waals surface area contributed by atoms with Crippen molar-refractivity contribution >= 4 is 5.95 Å². The molecule has 128 valence electrons. The van der Waals surface area contributed by atoms with E-state index in [1.807, 2.05) is 26.0 Å². The van der Waals surface area contributed by atoms with Crippen LogP contribution in [0, 0.1) is 19.8 Å². The summed E-state index contributed by atoms with van der Waals surface area (Å²) < 4.78 is 6.13. The predicted octanol–water partition coefficient (Wildman–Crippen LogP) is 3.91. The van der Waals surface area contributed by atoms with Gasteiger partial charge in [0, 0.05) is 30.4 Å². The number of ether oxygens (including phenoxy) is 1. The molecule has 0 amide bonds. The second kappa shape index (κ2) is 6.42. The van der Waals surface area contributed by atoms with Gasteiger partial charge < -0.3 is 9.64 Å². The highest BCUT2D eigenvalue weighted by Gasteiger charge is 2.30. The van der Waals surface area contributed by atoms with Gasteiger partial charge in [-0.05, 0) is 37.0 Å². The van der Waals surface area contributed by atoms with Crippen LogP contribution in [0.1, 0.15) is 37.7 Å². The molecule has 0 unspecified atom stereocenters. The van der Waals surface area contributed by atoms with Crippen LogP contribution in [0.25, 0.3) is 0 Å². The first-order valence-electron chi connectivity index (χ1n) is 8.62. The molecule has 4 heteroatoms. The number of benzene rings is 1. The van der Waals surface area contributed by atoms with Crippen LogP contribution in [-0.4, -0.2) is 29.7 Å². The molecule has 0 saturated carbocycles. The average molecular weight is 325 g/mol. The summed E-state index contributed by atoms with van der Waals surface area (Å²) >= 11 is 0. The molecule has 24 heavy (non-hydrogen) atoms. The second-order valence-electron chi connectivity index (χ2n) is 7.78. The fraction of sp³-hybridized carbons (Fsp3) is 0.500. The van der Waals surface area contributed by atoms with Crippen molar-refractivity contribution in [2.75, 3.05) is 24.6 Å². The summed E-state index contributed by atoms with van der Waals surface area (Å²) in [5.41, 5.74) is 3.40. The van der Waals surface area contributed by atoms with Crippen molar-refractivity contribution in [1.29, 1.82) is 0 Å². The normalized spacial score (nSPS) is 15.3. The highest BCUT2D eigenvalue weighted by Crippen LogP contribution is 2.32. The SMILES string of the molecule is Cc1cc(C)nc(N2CC(COc3ccccc3C(C)(C)C)C2)n1. The molecule has 2 aromatic rings. The van der Waals surface area contributed by atoms with Gasteiger partial charge in [-0.25, -0.2) is 9.97 Å². The lowest BCUT2D eigenvalue weighted by Crippen LogP contribution is -2.50. The number of aromatic nitrogens is 2. The zero-order valence-corrected chi connectivity index (χ0v) is 15.3. The summed E-state index contributed by atoms with van der Waals surface area (Å²) in [6.45, 7) is 13.4. The molecule has 0 atom stereocenters. The fourth-order valence-corrected chi connectivity index (χ4v) is 3.11. The minimum absolute atomic E-state index is 0.0924. The summed E-state index contributed by atoms with van der Waals surface area (Å²) in [6, 6.07) is 10.4. The third-order valence-electron chi connectivity index (χ3n) is 4.38. The Morgan fingerprint density at radius 1 is 1.08 bits per heavy atom. The van der Waals surface area contributed by atoms with Crippen molar-refractivity contribution in [3.63, 3.8) is 0 Å². The van der Waals surface area contributed by atoms with E-state index in [1.54, 1.807) is 0 Å². The Morgan fingerprint density at radius 2 is 1.71 bits per heavy atom. The van der Waals surface area contributed by atoms with Crippen LogP contribution in [0.2, 0.25) is 0 Å². The zero-order chi connectivity index (χ0) is 17.3. The van der Waals surface area contributed by atoms with Gasteiger partial charge in [0.1, 0.15) is 5.75 Å². The highest BCUT2D eigenvalue weighted by molar-refractivity contribution is 5.39. The minimum Gasteiger partial charge on any atom is -0.493 e. The van der Waals surface area contributed by atoms with E-state index in [2.05, 4.69) is 53.8 Å². The lowest BCUT2D eigenvalue weighted by atomic mass is 9.86. The molecule has 4 nitrogen and oxygen atoms in total. The first-order chi connectivity index (χ1) is 11.3. The molecule has 1 aromatic heterocycles. The Labute approximate surface area is 144 Å². The van der Waals surface area contributed by atoms with Gasteiger partial charge in [-0.15, -0.1) is 0 Å². The maximum atomic E-state index is 6.13. The summed E-state index contributed by atoms with van der Waals surface area (Å²) in [7, 11) is 0. The Hall–Kier alpha value is -2.10. The molecule has 0 bridgehead atoms. The second-order valence-corrected chi connectivity index (χ2v) is 7.78. The minimum atomic E-state index is 0.0924. The molecule has 1 aromatic carbocycles. The lowest BCUT2D eigenvalue weighted by Gasteiger charge is -2.39. The maximum absolute atomic E-state index is 6.13. The highest BCUT2D eigenvalue weighted by atomic mass is 16.5. The molecule has 0 radical (unpaired) electrons. The zero-order valence-electron chi connectivity index (χ0n) is 15.3. The number of nitrogens with zero attached hydrogens (tertiary/aromatic N) is 3. The van der Waals surface area contributed by atoms with Gasteiger partial charge >= 0.3 is 0 Å². The molecule has 1 aliphatic rings. The molecule has 1 fully saturated rings. The Balaban J connectivity index is 1.57. The molecule has 3 rings (SSSR count). The summed E-state index contributed by atoms with van der Waals surface area (Å²) in [4.78, 5) is 11.3. The summed E-state index contributed by atoms with van der Waals surface area (Å²) in [5.74, 6) is 2.38. The molecular formula is C20H27N3O. The van der Waals surface area contributed by atoms with Gasteiger partial charge in [0.15, 0.2) is 0 Å². The summed E-state index contributed by atoms with van der Waals surface area (Å²) in [6.07, 6.45) is 0. The van der Waals surface area contributed by atoms with E-state index in [0.717, 1.165) is 42.8 Å². The van der Waals surface area contributed by atoms with E-state index < -0.39 is 0 Å². The average Bonchev–Trinajstić information content (AvgIpc) is 2.44. The number of anilines is 1. The Morgan fingerprint density at radius 3 is 2.33 bits per heavy atom. The molecule has 0 spiro atoms. The molecule has 0 N–H and O–H groups in total. The third-order valence-corrected chi connectivity index (χ3v) is 4.38. The first kappa shape index (κ1) is 16.7. The fourth-order valence-electron chi connectivity index (χ4n) is 3.11. The van der Waals surface area contributed by atoms with Crippen molar-refractivity contribution in [3.8, 4) is 5.75 Å². The van der Waals surface area contributed by atoms with Gasteiger partial charge in [-0.3, -0.25) is 0 Å². The number of hydrogen-bond donors (Lipinski definition) is 0. The van der Waals surface area contributed by atoms with Crippen LogP contribution in [0.4, 0.5) is 5.95 Å². The monoisotopic (exact) mass is 325 g/mol. The van der Waals surface area contributed by atoms with E-state index in [9.17, 15) is 0 Å². The number of rotatable bonds is 4. The van der Waals surface area contributed by atoms with E-state index in [-0.39, 0.29) is 5.41 Å². The quantitative estimate of drug-likeness (QED) is 0.854. The molecular weight excluding hydrogens is 298 g/mol. The van der Waals surface area contributed by atoms with Crippen LogP contribution in [-0.2, 0) is 5.41 Å². The standard InChI is InChI=1S/C20H27N3O/c1-14-10-15(2)22-19(21-14)23-11-16(12-23)13-24-18-9-7-6-8-17(18)20(3,4)5/h6-10,16H,11-13H2,1-5H3. The van der Waals surface area contributed by atoms with Crippen molar-refractivity contribution in [2.45, 2.75) is 40.0 Å². The van der Waals surface area contributed by atoms with Gasteiger partial charge in [-0.1, -0.05) is 39.0 Å². The van der Waals surface area contributed by atoms with Gasteiger partial charge in [0.25, 0.3) is 0 Å². The largest absolute Gasteiger partial charge is 0.493 e. The van der Waals surface area contributed by atoms with Gasteiger partial charge in [0.2, 0.25) is 5.95 Å². The first-order valence-corrected chi connectivity index (χ1v) is 8.62. The topological polar surface area (TPSA) is 38.2 Å². The molecule has 1 aliphatic heterocycles. The van der Waals surface area contributed by atoms with Crippen molar-refractivity contribution in [3.05, 3.63) is 47.3 Å². The lowest BCUT2D eigenvalue weighted by molar-refractivity contribution is 0.215. The Kier molecular flexibility index (Phi) is 4.48. The Bertz CT molecular complexity index is 695. The van der Waals surface area contributed by atoms with Crippen LogP contribution >= 0.6 is 0 Å². The molecule has 2 heterocycles. The van der Waals surface area contributed by atoms with Crippen LogP contribution in [0.15, 0.2) is 30.3 Å². The van der Waals surface area contributed by atoms with Crippen molar-refractivity contribution in [1.82, 2.24) is 9.97 Å². The number of aryl methyl sites for hydroxylation is 2. The van der Waals surface area contributed by atoms with Gasteiger partial charge in [-0.2, -0.15) is 0 Å². The predicted molar refractivity (Wildman–Crippen MR) is 97.8 cm³/mol. The smallest absolute Gasteiger partial charge is 0.225 e. The van der Waals surface area contributed by atoms with Crippen LogP contribution in [0.3, 0.4) is 0 Å². The molecule has 1 saturated heterocycles. The molecule has 0 aliphatic carbocycles. The van der Waals surface area contributed by atoms with Crippen LogP contribution < -0.4 is 9.64 Å². The van der Waals surface area contributed by atoms with E-state index in [1.165, 1.54) is 5.56 Å². The number of hydrogen-bond acceptors (Lipinski definition) is 4. The van der Waals surface area contributed by atoms with Crippen molar-refractivity contribution < 1.29 is 4.74 Å². The van der Waals surface area contributed by atoms with Crippen LogP contribution in [0.5, 0.6) is 5.75 Å². The van der Waals surface area contributed by atoms with E-state index >= 15 is 0 Å². The van der Waals surface area contributed by atoms with Gasteiger partial charge in [0.05, 0.1) is 6.61 Å². The number of para-hydroxylation sites is 1. The van der Waals surface area contributed by atoms with Crippen molar-refractivity contribution in [2.24, 2.45) is 5.92 Å².